The average molecular weight is 162 g/mol. The van der Waals surface area contributed by atoms with E-state index in [-0.39, 0.29) is 6.61 Å². The molecule has 11 heavy (non-hydrogen) atoms. The number of ether oxygens (including phenoxy) is 1. The first-order chi connectivity index (χ1) is 4.95. The van der Waals surface area contributed by atoms with Crippen LogP contribution in [0.2, 0.25) is 0 Å². The van der Waals surface area contributed by atoms with Crippen molar-refractivity contribution in [2.45, 2.75) is 31.8 Å². The van der Waals surface area contributed by atoms with Crippen molar-refractivity contribution in [1.29, 1.82) is 0 Å². The van der Waals surface area contributed by atoms with Crippen LogP contribution in [0.3, 0.4) is 0 Å². The van der Waals surface area contributed by atoms with Crippen LogP contribution >= 0.6 is 0 Å². The zero-order valence-electron chi connectivity index (χ0n) is 6.69. The van der Waals surface area contributed by atoms with Crippen molar-refractivity contribution in [1.82, 2.24) is 0 Å². The maximum atomic E-state index is 9.44. The Kier molecular flexibility index (Phi) is 2.20. The molecule has 0 spiro atoms. The van der Waals surface area contributed by atoms with E-state index < -0.39 is 23.9 Å². The van der Waals surface area contributed by atoms with Crippen molar-refractivity contribution >= 4 is 0 Å². The molecule has 1 fully saturated rings. The molecule has 1 heterocycles. The Hall–Kier alpha value is -0.160. The largest absolute Gasteiger partial charge is 0.390 e. The van der Waals surface area contributed by atoms with E-state index in [2.05, 4.69) is 0 Å². The lowest BCUT2D eigenvalue weighted by Crippen LogP contribution is -2.54. The predicted molar refractivity (Wildman–Crippen MR) is 37.8 cm³/mol. The van der Waals surface area contributed by atoms with Gasteiger partial charge in [0.15, 0.2) is 5.79 Å². The van der Waals surface area contributed by atoms with Gasteiger partial charge in [-0.1, -0.05) is 6.92 Å². The van der Waals surface area contributed by atoms with Crippen LogP contribution in [0.1, 0.15) is 13.8 Å². The lowest BCUT2D eigenvalue weighted by Gasteiger charge is -2.40. The summed E-state index contributed by atoms with van der Waals surface area (Å²) in [4.78, 5) is 0. The molecule has 1 aliphatic heterocycles. The Morgan fingerprint density at radius 2 is 2.00 bits per heavy atom. The van der Waals surface area contributed by atoms with E-state index in [4.69, 9.17) is 9.84 Å². The van der Waals surface area contributed by atoms with Gasteiger partial charge in [-0.2, -0.15) is 0 Å². The zero-order valence-corrected chi connectivity index (χ0v) is 6.69. The first kappa shape index (κ1) is 8.93. The average Bonchev–Trinajstić information content (AvgIpc) is 1.95. The third kappa shape index (κ3) is 1.54. The minimum atomic E-state index is -1.32. The molecule has 4 heteroatoms. The lowest BCUT2D eigenvalue weighted by molar-refractivity contribution is -0.290. The summed E-state index contributed by atoms with van der Waals surface area (Å²) in [6.45, 7) is 3.10. The molecule has 0 aromatic carbocycles. The van der Waals surface area contributed by atoms with Gasteiger partial charge in [0.1, 0.15) is 6.10 Å². The second kappa shape index (κ2) is 2.71. The van der Waals surface area contributed by atoms with Gasteiger partial charge < -0.3 is 20.1 Å². The predicted octanol–water partition coefficient (Wildman–Crippen LogP) is -0.917. The van der Waals surface area contributed by atoms with Gasteiger partial charge in [0, 0.05) is 5.92 Å². The number of aliphatic hydroxyl groups is 3. The van der Waals surface area contributed by atoms with Crippen LogP contribution in [0.25, 0.3) is 0 Å². The molecular formula is C7H14O4. The Morgan fingerprint density at radius 3 is 2.45 bits per heavy atom. The van der Waals surface area contributed by atoms with E-state index in [0.29, 0.717) is 0 Å². The summed E-state index contributed by atoms with van der Waals surface area (Å²) in [5.74, 6) is -1.79. The number of hydrogen-bond donors (Lipinski definition) is 3. The lowest BCUT2D eigenvalue weighted by atomic mass is 9.90. The molecule has 4 atom stereocenters. The minimum absolute atomic E-state index is 0.0154. The smallest absolute Gasteiger partial charge is 0.167 e. The standard InChI is InChI=1S/C7H14O4/c1-4-6(9)5(8)3-11-7(4,2)10/h4-6,8-10H,3H2,1-2H3. The molecule has 1 aliphatic rings. The molecule has 0 radical (unpaired) electrons. The van der Waals surface area contributed by atoms with Gasteiger partial charge in [0.05, 0.1) is 12.7 Å². The summed E-state index contributed by atoms with van der Waals surface area (Å²) in [6.07, 6.45) is -1.79. The molecule has 0 aromatic heterocycles. The molecule has 0 bridgehead atoms. The summed E-state index contributed by atoms with van der Waals surface area (Å²) >= 11 is 0. The summed E-state index contributed by atoms with van der Waals surface area (Å²) in [7, 11) is 0. The minimum Gasteiger partial charge on any atom is -0.390 e. The van der Waals surface area contributed by atoms with Crippen LogP contribution in [-0.4, -0.2) is 39.9 Å². The van der Waals surface area contributed by atoms with Crippen LogP contribution in [0.5, 0.6) is 0 Å². The fraction of sp³-hybridized carbons (Fsp3) is 1.00. The quantitative estimate of drug-likeness (QED) is 0.431. The van der Waals surface area contributed by atoms with Crippen molar-refractivity contribution < 1.29 is 20.1 Å². The molecular weight excluding hydrogens is 148 g/mol. The van der Waals surface area contributed by atoms with Crippen molar-refractivity contribution in [3.63, 3.8) is 0 Å². The molecule has 0 aliphatic carbocycles. The van der Waals surface area contributed by atoms with Gasteiger partial charge in [-0.25, -0.2) is 0 Å². The van der Waals surface area contributed by atoms with E-state index in [1.807, 2.05) is 0 Å². The molecule has 0 amide bonds. The summed E-state index contributed by atoms with van der Waals surface area (Å²) in [5, 5.41) is 27.8. The molecule has 4 unspecified atom stereocenters. The monoisotopic (exact) mass is 162 g/mol. The third-order valence-electron chi connectivity index (χ3n) is 2.30. The van der Waals surface area contributed by atoms with Gasteiger partial charge >= 0.3 is 0 Å². The van der Waals surface area contributed by atoms with E-state index in [9.17, 15) is 10.2 Å². The highest BCUT2D eigenvalue weighted by atomic mass is 16.6. The highest BCUT2D eigenvalue weighted by Gasteiger charge is 2.42. The van der Waals surface area contributed by atoms with Crippen molar-refractivity contribution in [3.05, 3.63) is 0 Å². The number of hydrogen-bond acceptors (Lipinski definition) is 4. The van der Waals surface area contributed by atoms with Gasteiger partial charge in [-0.05, 0) is 6.92 Å². The molecule has 66 valence electrons. The summed E-state index contributed by atoms with van der Waals surface area (Å²) < 4.78 is 4.91. The van der Waals surface area contributed by atoms with Crippen LogP contribution in [0, 0.1) is 5.92 Å². The van der Waals surface area contributed by atoms with Crippen LogP contribution in [-0.2, 0) is 4.74 Å². The fourth-order valence-corrected chi connectivity index (χ4v) is 1.13. The summed E-state index contributed by atoms with van der Waals surface area (Å²) in [5.41, 5.74) is 0. The molecule has 3 N–H and O–H groups in total. The molecule has 0 aromatic rings. The van der Waals surface area contributed by atoms with Crippen molar-refractivity contribution in [2.75, 3.05) is 6.61 Å². The fourth-order valence-electron chi connectivity index (χ4n) is 1.13. The van der Waals surface area contributed by atoms with Gasteiger partial charge in [-0.3, -0.25) is 0 Å². The first-order valence-corrected chi connectivity index (χ1v) is 3.67. The van der Waals surface area contributed by atoms with Gasteiger partial charge in [-0.15, -0.1) is 0 Å². The summed E-state index contributed by atoms with van der Waals surface area (Å²) in [6, 6.07) is 0. The molecule has 1 saturated heterocycles. The Bertz CT molecular complexity index is 145. The normalized spacial score (nSPS) is 52.6. The molecule has 4 nitrogen and oxygen atoms in total. The SMILES string of the molecule is CC1C(O)C(O)COC1(C)O. The Morgan fingerprint density at radius 1 is 1.45 bits per heavy atom. The molecule has 0 saturated carbocycles. The third-order valence-corrected chi connectivity index (χ3v) is 2.30. The Labute approximate surface area is 65.4 Å². The van der Waals surface area contributed by atoms with Crippen molar-refractivity contribution in [2.24, 2.45) is 5.92 Å². The van der Waals surface area contributed by atoms with E-state index in [0.717, 1.165) is 0 Å². The van der Waals surface area contributed by atoms with Crippen LogP contribution < -0.4 is 0 Å². The molecule has 1 rings (SSSR count). The first-order valence-electron chi connectivity index (χ1n) is 3.67. The Balaban J connectivity index is 2.67. The van der Waals surface area contributed by atoms with Crippen molar-refractivity contribution in [3.8, 4) is 0 Å². The van der Waals surface area contributed by atoms with Gasteiger partial charge in [0.25, 0.3) is 0 Å². The highest BCUT2D eigenvalue weighted by molar-refractivity contribution is 4.85. The van der Waals surface area contributed by atoms with E-state index in [1.54, 1.807) is 6.92 Å². The topological polar surface area (TPSA) is 69.9 Å². The second-order valence-electron chi connectivity index (χ2n) is 3.21. The van der Waals surface area contributed by atoms with Gasteiger partial charge in [0.2, 0.25) is 0 Å². The van der Waals surface area contributed by atoms with E-state index >= 15 is 0 Å². The van der Waals surface area contributed by atoms with Crippen LogP contribution in [0.4, 0.5) is 0 Å². The zero-order chi connectivity index (χ0) is 8.65. The van der Waals surface area contributed by atoms with E-state index in [1.165, 1.54) is 6.92 Å². The maximum Gasteiger partial charge on any atom is 0.167 e. The maximum absolute atomic E-state index is 9.44. The number of aliphatic hydroxyl groups excluding tert-OH is 2. The van der Waals surface area contributed by atoms with Crippen LogP contribution in [0.15, 0.2) is 0 Å². The highest BCUT2D eigenvalue weighted by Crippen LogP contribution is 2.28. The second-order valence-corrected chi connectivity index (χ2v) is 3.21. The number of rotatable bonds is 0.